The van der Waals surface area contributed by atoms with Crippen LogP contribution in [0.4, 0.5) is 11.5 Å². The highest BCUT2D eigenvalue weighted by atomic mass is 35.5. The third-order valence-corrected chi connectivity index (χ3v) is 2.30. The van der Waals surface area contributed by atoms with E-state index >= 15 is 0 Å². The van der Waals surface area contributed by atoms with Crippen molar-refractivity contribution in [2.45, 2.75) is 46.1 Å². The molecule has 0 amide bonds. The van der Waals surface area contributed by atoms with Crippen LogP contribution in [0.25, 0.3) is 0 Å². The Morgan fingerprint density at radius 3 is 2.44 bits per heavy atom. The predicted molar refractivity (Wildman–Crippen MR) is 71.1 cm³/mol. The summed E-state index contributed by atoms with van der Waals surface area (Å²) in [5, 5.41) is 13.9. The molecule has 0 radical (unpaired) electrons. The minimum Gasteiger partial charge on any atom is -0.360 e. The molecule has 0 saturated carbocycles. The number of halogens is 1. The Morgan fingerprint density at radius 2 is 2.00 bits per heavy atom. The van der Waals surface area contributed by atoms with Crippen molar-refractivity contribution in [2.24, 2.45) is 0 Å². The topological polar surface area (TPSA) is 81.0 Å². The van der Waals surface area contributed by atoms with Crippen LogP contribution in [0.15, 0.2) is 0 Å². The van der Waals surface area contributed by atoms with Crippen molar-refractivity contribution in [1.82, 2.24) is 9.97 Å². The van der Waals surface area contributed by atoms with Crippen molar-refractivity contribution >= 4 is 23.1 Å². The number of hydrogen-bond acceptors (Lipinski definition) is 5. The summed E-state index contributed by atoms with van der Waals surface area (Å²) < 4.78 is 0. The Kier molecular flexibility index (Phi) is 4.45. The highest BCUT2D eigenvalue weighted by Crippen LogP contribution is 2.31. The minimum atomic E-state index is -0.563. The van der Waals surface area contributed by atoms with Gasteiger partial charge in [0.15, 0.2) is 0 Å². The van der Waals surface area contributed by atoms with E-state index in [1.165, 1.54) is 0 Å². The van der Waals surface area contributed by atoms with E-state index in [1.807, 2.05) is 27.7 Å². The highest BCUT2D eigenvalue weighted by molar-refractivity contribution is 6.31. The molecular weight excluding hydrogens is 256 g/mol. The monoisotopic (exact) mass is 272 g/mol. The fourth-order valence-electron chi connectivity index (χ4n) is 1.41. The molecule has 0 aromatic carbocycles. The van der Waals surface area contributed by atoms with Crippen LogP contribution in [0.5, 0.6) is 0 Å². The molecule has 6 nitrogen and oxygen atoms in total. The first-order valence-corrected chi connectivity index (χ1v) is 6.11. The molecule has 0 saturated heterocycles. The number of nitrogens with zero attached hydrogens (tertiary/aromatic N) is 3. The molecule has 0 bridgehead atoms. The molecule has 0 aliphatic heterocycles. The fourth-order valence-corrected chi connectivity index (χ4v) is 1.67. The van der Waals surface area contributed by atoms with Crippen molar-refractivity contribution in [2.75, 3.05) is 5.32 Å². The van der Waals surface area contributed by atoms with Crippen LogP contribution in [0, 0.1) is 10.1 Å². The number of hydrogen-bond donors (Lipinski definition) is 1. The third kappa shape index (κ3) is 3.80. The zero-order valence-corrected chi connectivity index (χ0v) is 11.7. The van der Waals surface area contributed by atoms with E-state index in [0.717, 1.165) is 6.42 Å². The number of aryl methyl sites for hydroxylation is 1. The van der Waals surface area contributed by atoms with Crippen LogP contribution < -0.4 is 5.32 Å². The van der Waals surface area contributed by atoms with E-state index in [4.69, 9.17) is 11.6 Å². The van der Waals surface area contributed by atoms with Gasteiger partial charge in [-0.25, -0.2) is 9.97 Å². The molecule has 1 aromatic heterocycles. The summed E-state index contributed by atoms with van der Waals surface area (Å²) in [6.45, 7) is 7.67. The zero-order valence-electron chi connectivity index (χ0n) is 11.0. The Morgan fingerprint density at radius 1 is 1.39 bits per heavy atom. The van der Waals surface area contributed by atoms with Crippen molar-refractivity contribution in [3.63, 3.8) is 0 Å². The molecule has 1 aromatic rings. The average molecular weight is 273 g/mol. The second-order valence-electron chi connectivity index (χ2n) is 5.01. The SMILES string of the molecule is CCCc1nc(Cl)c([N+](=O)[O-])c(NC(C)(C)C)n1. The van der Waals surface area contributed by atoms with Gasteiger partial charge in [0.2, 0.25) is 11.0 Å². The predicted octanol–water partition coefficient (Wildman–Crippen LogP) is 3.20. The summed E-state index contributed by atoms with van der Waals surface area (Å²) in [6, 6.07) is 0. The number of anilines is 1. The van der Waals surface area contributed by atoms with Gasteiger partial charge in [-0.2, -0.15) is 0 Å². The van der Waals surface area contributed by atoms with Crippen LogP contribution >= 0.6 is 11.6 Å². The number of nitro groups is 1. The van der Waals surface area contributed by atoms with Gasteiger partial charge in [-0.15, -0.1) is 0 Å². The molecule has 0 unspecified atom stereocenters. The van der Waals surface area contributed by atoms with Gasteiger partial charge in [-0.1, -0.05) is 18.5 Å². The van der Waals surface area contributed by atoms with Gasteiger partial charge in [0.05, 0.1) is 4.92 Å². The summed E-state index contributed by atoms with van der Waals surface area (Å²) in [5.41, 5.74) is -0.613. The Bertz CT molecular complexity index is 457. The standard InChI is InChI=1S/C11H17ClN4O2/c1-5-6-7-13-9(12)8(16(17)18)10(14-7)15-11(2,3)4/h5-6H2,1-4H3,(H,13,14,15). The molecule has 0 atom stereocenters. The average Bonchev–Trinajstić information content (AvgIpc) is 2.13. The van der Waals surface area contributed by atoms with Crippen LogP contribution in [0.3, 0.4) is 0 Å². The smallest absolute Gasteiger partial charge is 0.348 e. The van der Waals surface area contributed by atoms with Crippen molar-refractivity contribution in [1.29, 1.82) is 0 Å². The molecule has 1 N–H and O–H groups in total. The maximum absolute atomic E-state index is 11.0. The largest absolute Gasteiger partial charge is 0.360 e. The summed E-state index contributed by atoms with van der Waals surface area (Å²) >= 11 is 5.86. The number of nitrogens with one attached hydrogen (secondary N) is 1. The van der Waals surface area contributed by atoms with Crippen molar-refractivity contribution in [3.8, 4) is 0 Å². The molecule has 0 spiro atoms. The quantitative estimate of drug-likeness (QED) is 0.517. The molecular formula is C11H17ClN4O2. The van der Waals surface area contributed by atoms with Gasteiger partial charge < -0.3 is 5.32 Å². The zero-order chi connectivity index (χ0) is 13.9. The third-order valence-electron chi connectivity index (χ3n) is 2.04. The van der Waals surface area contributed by atoms with Gasteiger partial charge in [0.25, 0.3) is 0 Å². The number of rotatable bonds is 4. The molecule has 18 heavy (non-hydrogen) atoms. The molecule has 0 aliphatic carbocycles. The Balaban J connectivity index is 3.28. The van der Waals surface area contributed by atoms with Gasteiger partial charge in [0, 0.05) is 12.0 Å². The molecule has 1 heterocycles. The van der Waals surface area contributed by atoms with Crippen molar-refractivity contribution < 1.29 is 4.92 Å². The van der Waals surface area contributed by atoms with E-state index in [2.05, 4.69) is 15.3 Å². The summed E-state index contributed by atoms with van der Waals surface area (Å²) in [4.78, 5) is 18.6. The van der Waals surface area contributed by atoms with Crippen LogP contribution in [-0.2, 0) is 6.42 Å². The maximum Gasteiger partial charge on any atom is 0.348 e. The lowest BCUT2D eigenvalue weighted by molar-refractivity contribution is -0.384. The fraction of sp³-hybridized carbons (Fsp3) is 0.636. The van der Waals surface area contributed by atoms with Crippen molar-refractivity contribution in [3.05, 3.63) is 21.1 Å². The lowest BCUT2D eigenvalue weighted by atomic mass is 10.1. The molecule has 100 valence electrons. The summed E-state index contributed by atoms with van der Waals surface area (Å²) in [5.74, 6) is 0.691. The number of aromatic nitrogens is 2. The highest BCUT2D eigenvalue weighted by Gasteiger charge is 2.26. The molecule has 0 fully saturated rings. The second kappa shape index (κ2) is 5.48. The molecule has 7 heteroatoms. The van der Waals surface area contributed by atoms with E-state index in [1.54, 1.807) is 0 Å². The first-order chi connectivity index (χ1) is 8.24. The van der Waals surface area contributed by atoms with E-state index in [-0.39, 0.29) is 22.2 Å². The first-order valence-electron chi connectivity index (χ1n) is 5.73. The van der Waals surface area contributed by atoms with E-state index in [0.29, 0.717) is 12.2 Å². The lowest BCUT2D eigenvalue weighted by Gasteiger charge is -2.21. The Labute approximate surface area is 111 Å². The first kappa shape index (κ1) is 14.6. The van der Waals surface area contributed by atoms with Crippen LogP contribution in [-0.4, -0.2) is 20.4 Å². The van der Waals surface area contributed by atoms with Gasteiger partial charge in [-0.3, -0.25) is 10.1 Å². The second-order valence-corrected chi connectivity index (χ2v) is 5.37. The lowest BCUT2D eigenvalue weighted by Crippen LogP contribution is -2.27. The van der Waals surface area contributed by atoms with Gasteiger partial charge >= 0.3 is 5.69 Å². The van der Waals surface area contributed by atoms with Crippen LogP contribution in [0.2, 0.25) is 5.15 Å². The molecule has 0 aliphatic rings. The van der Waals surface area contributed by atoms with E-state index < -0.39 is 4.92 Å². The maximum atomic E-state index is 11.0. The minimum absolute atomic E-state index is 0.120. The summed E-state index contributed by atoms with van der Waals surface area (Å²) in [6.07, 6.45) is 1.49. The van der Waals surface area contributed by atoms with E-state index in [9.17, 15) is 10.1 Å². The van der Waals surface area contributed by atoms with Gasteiger partial charge in [0.1, 0.15) is 5.82 Å². The normalized spacial score (nSPS) is 11.4. The van der Waals surface area contributed by atoms with Crippen LogP contribution in [0.1, 0.15) is 39.9 Å². The van der Waals surface area contributed by atoms with Gasteiger partial charge in [-0.05, 0) is 27.2 Å². The molecule has 1 rings (SSSR count). The Hall–Kier alpha value is -1.43. The summed E-state index contributed by atoms with van der Waals surface area (Å²) in [7, 11) is 0.